The highest BCUT2D eigenvalue weighted by atomic mass is 19.1. The average molecular weight is 655 g/mol. The van der Waals surface area contributed by atoms with Gasteiger partial charge in [-0.1, -0.05) is 13.0 Å². The van der Waals surface area contributed by atoms with Crippen molar-refractivity contribution in [3.63, 3.8) is 0 Å². The first-order valence-corrected chi connectivity index (χ1v) is 16.6. The molecule has 0 spiro atoms. The van der Waals surface area contributed by atoms with Crippen LogP contribution in [0.1, 0.15) is 65.7 Å². The van der Waals surface area contributed by atoms with E-state index in [1.807, 2.05) is 15.5 Å². The molecule has 12 nitrogen and oxygen atoms in total. The summed E-state index contributed by atoms with van der Waals surface area (Å²) in [6.07, 6.45) is 6.05. The number of benzene rings is 2. The fraction of sp³-hybridized carbons (Fsp3) is 0.400. The molecule has 0 amide bonds. The first-order chi connectivity index (χ1) is 23.2. The largest absolute Gasteiger partial charge is 0.477 e. The molecule has 2 aliphatic rings. The number of carboxylic acids is 1. The third kappa shape index (κ3) is 6.17. The highest BCUT2D eigenvalue weighted by Gasteiger charge is 2.32. The Labute approximate surface area is 275 Å². The average Bonchev–Trinajstić information content (AvgIpc) is 3.84. The van der Waals surface area contributed by atoms with Gasteiger partial charge in [-0.3, -0.25) is 19.5 Å². The molecule has 0 unspecified atom stereocenters. The number of carboxylic acid groups (broad SMARTS) is 1. The van der Waals surface area contributed by atoms with Gasteiger partial charge in [0.05, 0.1) is 17.5 Å². The zero-order valence-electron chi connectivity index (χ0n) is 27.1. The fourth-order valence-electron chi connectivity index (χ4n) is 6.72. The first kappa shape index (κ1) is 31.6. The van der Waals surface area contributed by atoms with Crippen LogP contribution in [-0.4, -0.2) is 73.2 Å². The predicted octanol–water partition coefficient (Wildman–Crippen LogP) is 4.89. The van der Waals surface area contributed by atoms with Crippen molar-refractivity contribution in [2.45, 2.75) is 58.4 Å². The number of unbranched alkanes of at least 4 members (excludes halogenated alkanes) is 1. The number of hydrogen-bond donors (Lipinski definition) is 4. The first-order valence-electron chi connectivity index (χ1n) is 16.6. The molecule has 4 N–H and O–H groups in total. The second-order valence-electron chi connectivity index (χ2n) is 12.9. The van der Waals surface area contributed by atoms with Gasteiger partial charge in [0, 0.05) is 55.4 Å². The number of anilines is 3. The Bertz CT molecular complexity index is 2140. The SMILES string of the molecule is CCc1cc(Nc2nc3c(ncn3CCCCN3CCN(c4cc5[nH]c(C6CC6)c(C(=O)O)c(=O)c5cc4F)CC3)c(=O)[nH]2)ccc1C. The molecule has 7 rings (SSSR count). The van der Waals surface area contributed by atoms with Crippen LogP contribution in [0, 0.1) is 12.7 Å². The zero-order chi connectivity index (χ0) is 33.5. The maximum atomic E-state index is 15.3. The Morgan fingerprint density at radius 3 is 2.56 bits per heavy atom. The number of aryl methyl sites for hydroxylation is 3. The molecule has 5 aromatic rings. The molecule has 0 bridgehead atoms. The third-order valence-corrected chi connectivity index (χ3v) is 9.60. The summed E-state index contributed by atoms with van der Waals surface area (Å²) < 4.78 is 17.2. The van der Waals surface area contributed by atoms with Crippen molar-refractivity contribution in [1.82, 2.24) is 29.4 Å². The van der Waals surface area contributed by atoms with Crippen molar-refractivity contribution < 1.29 is 14.3 Å². The molecule has 13 heteroatoms. The highest BCUT2D eigenvalue weighted by molar-refractivity contribution is 5.95. The van der Waals surface area contributed by atoms with E-state index in [9.17, 15) is 19.5 Å². The van der Waals surface area contributed by atoms with Gasteiger partial charge in [-0.25, -0.2) is 14.2 Å². The lowest BCUT2D eigenvalue weighted by atomic mass is 10.0. The molecule has 1 saturated carbocycles. The summed E-state index contributed by atoms with van der Waals surface area (Å²) in [7, 11) is 0. The Kier molecular flexibility index (Phi) is 8.46. The monoisotopic (exact) mass is 654 g/mol. The number of fused-ring (bicyclic) bond motifs is 2. The van der Waals surface area contributed by atoms with E-state index in [1.54, 1.807) is 12.4 Å². The molecule has 4 heterocycles. The van der Waals surface area contributed by atoms with E-state index < -0.39 is 17.2 Å². The van der Waals surface area contributed by atoms with Crippen LogP contribution in [-0.2, 0) is 13.0 Å². The van der Waals surface area contributed by atoms with Crippen LogP contribution in [0.5, 0.6) is 0 Å². The molecule has 1 aliphatic carbocycles. The molecular formula is C35H39FN8O4. The number of nitrogens with one attached hydrogen (secondary N) is 3. The number of hydrogen-bond acceptors (Lipinski definition) is 8. The second kappa shape index (κ2) is 12.9. The van der Waals surface area contributed by atoms with Gasteiger partial charge in [0.15, 0.2) is 11.2 Å². The van der Waals surface area contributed by atoms with E-state index >= 15 is 4.39 Å². The van der Waals surface area contributed by atoms with Crippen molar-refractivity contribution in [3.05, 3.63) is 85.4 Å². The quantitative estimate of drug-likeness (QED) is 0.146. The topological polar surface area (TPSA) is 152 Å². The van der Waals surface area contributed by atoms with Crippen LogP contribution in [0.4, 0.5) is 21.7 Å². The summed E-state index contributed by atoms with van der Waals surface area (Å²) in [6.45, 7) is 8.52. The molecule has 3 aromatic heterocycles. The van der Waals surface area contributed by atoms with Gasteiger partial charge < -0.3 is 24.9 Å². The number of carbonyl (C=O) groups is 1. The number of nitrogens with zero attached hydrogens (tertiary/aromatic N) is 5. The van der Waals surface area contributed by atoms with Crippen LogP contribution in [0.2, 0.25) is 0 Å². The Morgan fingerprint density at radius 1 is 1.06 bits per heavy atom. The fourth-order valence-corrected chi connectivity index (χ4v) is 6.72. The summed E-state index contributed by atoms with van der Waals surface area (Å²) in [5.41, 5.74) is 4.30. The molecule has 48 heavy (non-hydrogen) atoms. The minimum absolute atomic E-state index is 0.0318. The number of aromatic nitrogens is 5. The maximum Gasteiger partial charge on any atom is 0.341 e. The minimum Gasteiger partial charge on any atom is -0.477 e. The number of pyridine rings is 1. The summed E-state index contributed by atoms with van der Waals surface area (Å²) in [5, 5.41) is 12.9. The third-order valence-electron chi connectivity index (χ3n) is 9.60. The van der Waals surface area contributed by atoms with Crippen LogP contribution in [0.25, 0.3) is 22.1 Å². The molecule has 1 aliphatic heterocycles. The number of rotatable bonds is 11. The van der Waals surface area contributed by atoms with Gasteiger partial charge in [-0.05, 0) is 81.0 Å². The standard InChI is InChI=1S/C35H39FN8O4/c1-3-21-16-23(9-6-20(21)2)38-35-40-32-30(33(46)41-35)37-19-44(32)11-5-4-10-42-12-14-43(15-13-42)27-18-26-24(17-25(27)36)31(45)28(34(47)48)29(39-26)22-7-8-22/h6,9,16-19,22H,3-5,7-8,10-15H2,1-2H3,(H,39,45)(H,47,48)(H2,38,40,41,46). The number of H-pyrrole nitrogens is 2. The maximum absolute atomic E-state index is 15.3. The van der Waals surface area contributed by atoms with Crippen LogP contribution in [0.3, 0.4) is 0 Å². The molecule has 0 radical (unpaired) electrons. The normalized spacial score (nSPS) is 15.4. The smallest absolute Gasteiger partial charge is 0.341 e. The summed E-state index contributed by atoms with van der Waals surface area (Å²) in [6, 6.07) is 8.91. The van der Waals surface area contributed by atoms with Gasteiger partial charge >= 0.3 is 5.97 Å². The number of imidazole rings is 1. The van der Waals surface area contributed by atoms with Gasteiger partial charge in [0.2, 0.25) is 11.4 Å². The predicted molar refractivity (Wildman–Crippen MR) is 183 cm³/mol. The van der Waals surface area contributed by atoms with E-state index in [0.717, 1.165) is 57.4 Å². The highest BCUT2D eigenvalue weighted by Crippen LogP contribution is 2.41. The number of halogens is 1. The van der Waals surface area contributed by atoms with E-state index in [2.05, 4.69) is 56.1 Å². The molecule has 2 aromatic carbocycles. The van der Waals surface area contributed by atoms with Crippen molar-refractivity contribution in [2.75, 3.05) is 42.9 Å². The zero-order valence-corrected chi connectivity index (χ0v) is 27.1. The van der Waals surface area contributed by atoms with E-state index in [0.29, 0.717) is 53.6 Å². The van der Waals surface area contributed by atoms with Crippen molar-refractivity contribution in [1.29, 1.82) is 0 Å². The molecule has 250 valence electrons. The number of aromatic carboxylic acids is 1. The van der Waals surface area contributed by atoms with E-state index in [1.165, 1.54) is 17.2 Å². The van der Waals surface area contributed by atoms with Crippen LogP contribution < -0.4 is 21.2 Å². The Balaban J connectivity index is 0.957. The lowest BCUT2D eigenvalue weighted by molar-refractivity contribution is 0.0694. The Hall–Kier alpha value is -5.04. The lowest BCUT2D eigenvalue weighted by Gasteiger charge is -2.36. The van der Waals surface area contributed by atoms with Gasteiger partial charge in [-0.15, -0.1) is 0 Å². The lowest BCUT2D eigenvalue weighted by Crippen LogP contribution is -2.47. The van der Waals surface area contributed by atoms with Crippen molar-refractivity contribution in [3.8, 4) is 0 Å². The van der Waals surface area contributed by atoms with Gasteiger partial charge in [0.1, 0.15) is 11.4 Å². The minimum atomic E-state index is -1.28. The van der Waals surface area contributed by atoms with E-state index in [-0.39, 0.29) is 22.4 Å². The second-order valence-corrected chi connectivity index (χ2v) is 12.9. The molecule has 0 atom stereocenters. The number of aromatic amines is 2. The number of piperazine rings is 1. The molecule has 1 saturated heterocycles. The Morgan fingerprint density at radius 2 is 1.83 bits per heavy atom. The summed E-state index contributed by atoms with van der Waals surface area (Å²) in [5.74, 6) is -1.40. The van der Waals surface area contributed by atoms with Gasteiger partial charge in [0.25, 0.3) is 5.56 Å². The molecule has 2 fully saturated rings. The summed E-state index contributed by atoms with van der Waals surface area (Å²) in [4.78, 5) is 56.8. The van der Waals surface area contributed by atoms with Crippen LogP contribution in [0.15, 0.2) is 46.2 Å². The van der Waals surface area contributed by atoms with Crippen LogP contribution >= 0.6 is 0 Å². The van der Waals surface area contributed by atoms with Crippen molar-refractivity contribution >= 4 is 45.4 Å². The van der Waals surface area contributed by atoms with Gasteiger partial charge in [-0.2, -0.15) is 4.98 Å². The van der Waals surface area contributed by atoms with Crippen molar-refractivity contribution in [2.24, 2.45) is 0 Å². The molecular weight excluding hydrogens is 615 g/mol. The summed E-state index contributed by atoms with van der Waals surface area (Å²) >= 11 is 0. The van der Waals surface area contributed by atoms with E-state index in [4.69, 9.17) is 0 Å².